The molecule has 0 spiro atoms. The minimum Gasteiger partial charge on any atom is -0.388 e. The standard InChI is InChI=1S/C10H10N2O2/c1-7-2-3-11-5-9(7)10-4-8(6-13)14-12-10/h2-5,13H,6H2,1H3. The lowest BCUT2D eigenvalue weighted by molar-refractivity contribution is 0.229. The first-order valence-electron chi connectivity index (χ1n) is 4.28. The van der Waals surface area contributed by atoms with Crippen LogP contribution in [0.2, 0.25) is 0 Å². The van der Waals surface area contributed by atoms with Crippen molar-refractivity contribution in [2.75, 3.05) is 0 Å². The Hall–Kier alpha value is -1.68. The molecule has 72 valence electrons. The number of rotatable bonds is 2. The van der Waals surface area contributed by atoms with Crippen LogP contribution in [-0.2, 0) is 6.61 Å². The number of pyridine rings is 1. The Labute approximate surface area is 81.2 Å². The van der Waals surface area contributed by atoms with Crippen molar-refractivity contribution < 1.29 is 9.63 Å². The molecule has 0 unspecified atom stereocenters. The van der Waals surface area contributed by atoms with Gasteiger partial charge in [0.25, 0.3) is 0 Å². The van der Waals surface area contributed by atoms with E-state index in [-0.39, 0.29) is 6.61 Å². The first-order valence-corrected chi connectivity index (χ1v) is 4.28. The van der Waals surface area contributed by atoms with Crippen molar-refractivity contribution in [3.63, 3.8) is 0 Å². The van der Waals surface area contributed by atoms with Crippen LogP contribution in [0, 0.1) is 6.92 Å². The number of aromatic nitrogens is 2. The molecule has 0 atom stereocenters. The first kappa shape index (κ1) is 8.90. The van der Waals surface area contributed by atoms with Crippen LogP contribution in [0.4, 0.5) is 0 Å². The molecule has 0 fully saturated rings. The van der Waals surface area contributed by atoms with E-state index >= 15 is 0 Å². The summed E-state index contributed by atoms with van der Waals surface area (Å²) in [6.45, 7) is 1.84. The van der Waals surface area contributed by atoms with Gasteiger partial charge < -0.3 is 9.63 Å². The highest BCUT2D eigenvalue weighted by atomic mass is 16.5. The Bertz CT molecular complexity index is 437. The SMILES string of the molecule is Cc1ccncc1-c1cc(CO)on1. The molecule has 4 nitrogen and oxygen atoms in total. The van der Waals surface area contributed by atoms with E-state index in [2.05, 4.69) is 10.1 Å². The van der Waals surface area contributed by atoms with Gasteiger partial charge in [-0.1, -0.05) is 5.16 Å². The van der Waals surface area contributed by atoms with Crippen LogP contribution in [0.3, 0.4) is 0 Å². The number of hydrogen-bond donors (Lipinski definition) is 1. The molecule has 0 amide bonds. The quantitative estimate of drug-likeness (QED) is 0.780. The lowest BCUT2D eigenvalue weighted by Crippen LogP contribution is -1.83. The van der Waals surface area contributed by atoms with Gasteiger partial charge in [-0.15, -0.1) is 0 Å². The zero-order valence-electron chi connectivity index (χ0n) is 7.77. The molecule has 2 rings (SSSR count). The summed E-state index contributed by atoms with van der Waals surface area (Å²) in [5.74, 6) is 0.461. The first-order chi connectivity index (χ1) is 6.81. The molecule has 2 heterocycles. The van der Waals surface area contributed by atoms with E-state index in [9.17, 15) is 0 Å². The largest absolute Gasteiger partial charge is 0.388 e. The molecule has 2 aromatic rings. The van der Waals surface area contributed by atoms with Crippen LogP contribution in [0.15, 0.2) is 29.0 Å². The summed E-state index contributed by atoms with van der Waals surface area (Å²) < 4.78 is 4.90. The van der Waals surface area contributed by atoms with Gasteiger partial charge in [0.15, 0.2) is 5.76 Å². The molecule has 14 heavy (non-hydrogen) atoms. The van der Waals surface area contributed by atoms with E-state index in [1.54, 1.807) is 18.5 Å². The highest BCUT2D eigenvalue weighted by Gasteiger charge is 2.07. The van der Waals surface area contributed by atoms with E-state index in [0.29, 0.717) is 11.5 Å². The number of nitrogens with zero attached hydrogens (tertiary/aromatic N) is 2. The maximum absolute atomic E-state index is 8.82. The Morgan fingerprint density at radius 1 is 1.50 bits per heavy atom. The lowest BCUT2D eigenvalue weighted by atomic mass is 10.1. The van der Waals surface area contributed by atoms with Gasteiger partial charge in [0.2, 0.25) is 0 Å². The number of hydrogen-bond acceptors (Lipinski definition) is 4. The fourth-order valence-corrected chi connectivity index (χ4v) is 1.25. The molecular weight excluding hydrogens is 180 g/mol. The van der Waals surface area contributed by atoms with E-state index < -0.39 is 0 Å². The topological polar surface area (TPSA) is 59.2 Å². The summed E-state index contributed by atoms with van der Waals surface area (Å²) in [6.07, 6.45) is 3.46. The number of aliphatic hydroxyl groups excluding tert-OH is 1. The normalized spacial score (nSPS) is 10.4. The average Bonchev–Trinajstić information content (AvgIpc) is 2.67. The predicted octanol–water partition coefficient (Wildman–Crippen LogP) is 1.54. The average molecular weight is 190 g/mol. The molecule has 1 N–H and O–H groups in total. The van der Waals surface area contributed by atoms with Crippen LogP contribution in [0.5, 0.6) is 0 Å². The lowest BCUT2D eigenvalue weighted by Gasteiger charge is -1.98. The van der Waals surface area contributed by atoms with Gasteiger partial charge in [0, 0.05) is 24.0 Å². The van der Waals surface area contributed by atoms with Crippen LogP contribution in [-0.4, -0.2) is 15.2 Å². The van der Waals surface area contributed by atoms with Crippen molar-refractivity contribution in [3.05, 3.63) is 35.9 Å². The highest BCUT2D eigenvalue weighted by Crippen LogP contribution is 2.21. The zero-order chi connectivity index (χ0) is 9.97. The van der Waals surface area contributed by atoms with Crippen LogP contribution < -0.4 is 0 Å². The smallest absolute Gasteiger partial charge is 0.162 e. The van der Waals surface area contributed by atoms with Crippen molar-refractivity contribution in [1.82, 2.24) is 10.1 Å². The van der Waals surface area contributed by atoms with E-state index in [0.717, 1.165) is 11.1 Å². The van der Waals surface area contributed by atoms with Gasteiger partial charge in [-0.2, -0.15) is 0 Å². The van der Waals surface area contributed by atoms with E-state index in [1.165, 1.54) is 0 Å². The second-order valence-electron chi connectivity index (χ2n) is 3.03. The third-order valence-corrected chi connectivity index (χ3v) is 2.03. The Morgan fingerprint density at radius 2 is 2.36 bits per heavy atom. The van der Waals surface area contributed by atoms with Crippen LogP contribution in [0.1, 0.15) is 11.3 Å². The molecule has 0 saturated heterocycles. The highest BCUT2D eigenvalue weighted by molar-refractivity contribution is 5.61. The third kappa shape index (κ3) is 1.52. The van der Waals surface area contributed by atoms with Crippen LogP contribution in [0.25, 0.3) is 11.3 Å². The maximum atomic E-state index is 8.82. The molecule has 0 aliphatic rings. The van der Waals surface area contributed by atoms with Crippen LogP contribution >= 0.6 is 0 Å². The number of aliphatic hydroxyl groups is 1. The van der Waals surface area contributed by atoms with Gasteiger partial charge in [0.1, 0.15) is 12.3 Å². The third-order valence-electron chi connectivity index (χ3n) is 2.03. The monoisotopic (exact) mass is 190 g/mol. The van der Waals surface area contributed by atoms with Crippen molar-refractivity contribution in [1.29, 1.82) is 0 Å². The fourth-order valence-electron chi connectivity index (χ4n) is 1.25. The van der Waals surface area contributed by atoms with E-state index in [1.807, 2.05) is 13.0 Å². The van der Waals surface area contributed by atoms with Gasteiger partial charge in [-0.3, -0.25) is 4.98 Å². The van der Waals surface area contributed by atoms with Crippen molar-refractivity contribution in [3.8, 4) is 11.3 Å². The second-order valence-corrected chi connectivity index (χ2v) is 3.03. The minimum atomic E-state index is -0.133. The summed E-state index contributed by atoms with van der Waals surface area (Å²) in [5, 5.41) is 12.7. The summed E-state index contributed by atoms with van der Waals surface area (Å²) in [5.41, 5.74) is 2.72. The molecule has 0 aliphatic heterocycles. The fraction of sp³-hybridized carbons (Fsp3) is 0.200. The molecule has 0 aromatic carbocycles. The Morgan fingerprint density at radius 3 is 3.00 bits per heavy atom. The Kier molecular flexibility index (Phi) is 2.28. The summed E-state index contributed by atoms with van der Waals surface area (Å²) in [4.78, 5) is 4.01. The van der Waals surface area contributed by atoms with Gasteiger partial charge in [-0.05, 0) is 18.6 Å². The summed E-state index contributed by atoms with van der Waals surface area (Å²) >= 11 is 0. The number of aryl methyl sites for hydroxylation is 1. The van der Waals surface area contributed by atoms with E-state index in [4.69, 9.17) is 9.63 Å². The van der Waals surface area contributed by atoms with Gasteiger partial charge in [0.05, 0.1) is 0 Å². The van der Waals surface area contributed by atoms with Crippen molar-refractivity contribution in [2.45, 2.75) is 13.5 Å². The molecular formula is C10H10N2O2. The minimum absolute atomic E-state index is 0.133. The molecule has 0 radical (unpaired) electrons. The van der Waals surface area contributed by atoms with Crippen molar-refractivity contribution >= 4 is 0 Å². The van der Waals surface area contributed by atoms with Crippen molar-refractivity contribution in [2.24, 2.45) is 0 Å². The second kappa shape index (κ2) is 3.59. The van der Waals surface area contributed by atoms with Gasteiger partial charge in [-0.25, -0.2) is 0 Å². The summed E-state index contributed by atoms with van der Waals surface area (Å²) in [7, 11) is 0. The predicted molar refractivity (Wildman–Crippen MR) is 50.4 cm³/mol. The Balaban J connectivity index is 2.44. The van der Waals surface area contributed by atoms with Gasteiger partial charge >= 0.3 is 0 Å². The maximum Gasteiger partial charge on any atom is 0.162 e. The summed E-state index contributed by atoms with van der Waals surface area (Å²) in [6, 6.07) is 3.62. The molecule has 0 aliphatic carbocycles. The molecule has 2 aromatic heterocycles. The zero-order valence-corrected chi connectivity index (χ0v) is 7.77. The molecule has 4 heteroatoms. The molecule has 0 bridgehead atoms. The molecule has 0 saturated carbocycles.